The Kier molecular flexibility index (Phi) is 4.21. The summed E-state index contributed by atoms with van der Waals surface area (Å²) in [5.41, 5.74) is 5.25. The number of amides is 1. The summed E-state index contributed by atoms with van der Waals surface area (Å²) in [6.07, 6.45) is 0.375. The molecule has 0 saturated heterocycles. The molecule has 16 heavy (non-hydrogen) atoms. The Morgan fingerprint density at radius 3 is 2.81 bits per heavy atom. The lowest BCUT2D eigenvalue weighted by atomic mass is 10.2. The fraction of sp³-hybridized carbons (Fsp3) is 0.400. The molecule has 1 aromatic heterocycles. The molecule has 4 N–H and O–H groups in total. The quantitative estimate of drug-likeness (QED) is 0.615. The number of carbonyl (C=O) groups excluding carboxylic acids is 1. The van der Waals surface area contributed by atoms with Crippen molar-refractivity contribution < 1.29 is 14.3 Å². The van der Waals surface area contributed by atoms with E-state index in [0.29, 0.717) is 0 Å². The summed E-state index contributed by atoms with van der Waals surface area (Å²) in [5.74, 6) is -0.403. The maximum absolute atomic E-state index is 11.5. The van der Waals surface area contributed by atoms with Crippen LogP contribution in [0.15, 0.2) is 27.6 Å². The van der Waals surface area contributed by atoms with Gasteiger partial charge < -0.3 is 20.6 Å². The maximum Gasteiger partial charge on any atom is 0.335 e. The van der Waals surface area contributed by atoms with Crippen molar-refractivity contribution in [3.8, 4) is 0 Å². The summed E-state index contributed by atoms with van der Waals surface area (Å²) >= 11 is 0. The summed E-state index contributed by atoms with van der Waals surface area (Å²) in [5, 5.41) is 11.6. The molecule has 1 amide bonds. The second-order valence-corrected chi connectivity index (χ2v) is 3.46. The van der Waals surface area contributed by atoms with Crippen LogP contribution in [0.25, 0.3) is 0 Å². The fourth-order valence-electron chi connectivity index (χ4n) is 0.970. The Morgan fingerprint density at radius 1 is 1.62 bits per heavy atom. The minimum Gasteiger partial charge on any atom is -0.430 e. The zero-order chi connectivity index (χ0) is 12.1. The van der Waals surface area contributed by atoms with Gasteiger partial charge in [0.1, 0.15) is 6.26 Å². The molecule has 2 atom stereocenters. The third kappa shape index (κ3) is 3.48. The van der Waals surface area contributed by atoms with Gasteiger partial charge in [-0.1, -0.05) is 0 Å². The average molecular weight is 226 g/mol. The first-order chi connectivity index (χ1) is 7.50. The Hall–Kier alpha value is -1.66. The molecule has 0 aliphatic carbocycles. The molecule has 1 rings (SSSR count). The number of rotatable bonds is 4. The monoisotopic (exact) mass is 226 g/mol. The molecule has 6 nitrogen and oxygen atoms in total. The second kappa shape index (κ2) is 5.43. The molecule has 0 radical (unpaired) electrons. The van der Waals surface area contributed by atoms with Crippen LogP contribution >= 0.6 is 0 Å². The Labute approximate surface area is 92.1 Å². The number of carbonyl (C=O) groups is 1. The smallest absolute Gasteiger partial charge is 0.335 e. The third-order valence-corrected chi connectivity index (χ3v) is 2.08. The molecule has 1 heterocycles. The highest BCUT2D eigenvalue weighted by Crippen LogP contribution is 1.95. The van der Waals surface area contributed by atoms with Crippen LogP contribution in [0.4, 0.5) is 0 Å². The molecular weight excluding hydrogens is 212 g/mol. The predicted molar refractivity (Wildman–Crippen MR) is 57.0 cm³/mol. The molecule has 0 saturated carbocycles. The second-order valence-electron chi connectivity index (χ2n) is 3.46. The van der Waals surface area contributed by atoms with Gasteiger partial charge in [0.2, 0.25) is 0 Å². The lowest BCUT2D eigenvalue weighted by Crippen LogP contribution is -2.43. The van der Waals surface area contributed by atoms with Gasteiger partial charge in [-0.05, 0) is 13.0 Å². The first-order valence-electron chi connectivity index (χ1n) is 4.81. The number of nitrogens with one attached hydrogen (secondary N) is 1. The highest BCUT2D eigenvalue weighted by Gasteiger charge is 2.12. The molecule has 0 fully saturated rings. The van der Waals surface area contributed by atoms with Crippen molar-refractivity contribution in [2.45, 2.75) is 19.1 Å². The largest absolute Gasteiger partial charge is 0.430 e. The number of aliphatic hydroxyl groups is 1. The van der Waals surface area contributed by atoms with Crippen molar-refractivity contribution in [2.75, 3.05) is 6.54 Å². The van der Waals surface area contributed by atoms with Gasteiger partial charge in [0.25, 0.3) is 5.91 Å². The van der Waals surface area contributed by atoms with Gasteiger partial charge in [-0.2, -0.15) is 0 Å². The Morgan fingerprint density at radius 2 is 2.31 bits per heavy atom. The summed E-state index contributed by atoms with van der Waals surface area (Å²) in [6.45, 7) is 1.69. The highest BCUT2D eigenvalue weighted by atomic mass is 16.4. The summed E-state index contributed by atoms with van der Waals surface area (Å²) in [6, 6.07) is 1.98. The van der Waals surface area contributed by atoms with Crippen LogP contribution in [0.2, 0.25) is 0 Å². The summed E-state index contributed by atoms with van der Waals surface area (Å²) in [7, 11) is 0. The standard InChI is InChI=1S/C10H14N2O4/c1-6(13)8(11)4-12-10(15)7-2-3-9(14)16-5-7/h2-3,5-6,8,13H,4,11H2,1H3,(H,12,15). The van der Waals surface area contributed by atoms with E-state index in [1.807, 2.05) is 0 Å². The first-order valence-corrected chi connectivity index (χ1v) is 4.81. The van der Waals surface area contributed by atoms with Crippen molar-refractivity contribution in [1.82, 2.24) is 5.32 Å². The zero-order valence-corrected chi connectivity index (χ0v) is 8.84. The average Bonchev–Trinajstić information content (AvgIpc) is 2.26. The van der Waals surface area contributed by atoms with Crippen LogP contribution < -0.4 is 16.7 Å². The van der Waals surface area contributed by atoms with Crippen LogP contribution in [0.1, 0.15) is 17.3 Å². The van der Waals surface area contributed by atoms with Crippen molar-refractivity contribution >= 4 is 5.91 Å². The van der Waals surface area contributed by atoms with E-state index in [2.05, 4.69) is 9.73 Å². The van der Waals surface area contributed by atoms with Gasteiger partial charge in [-0.25, -0.2) is 4.79 Å². The molecular formula is C10H14N2O4. The summed E-state index contributed by atoms with van der Waals surface area (Å²) in [4.78, 5) is 22.1. The topological polar surface area (TPSA) is 106 Å². The molecule has 0 aliphatic rings. The van der Waals surface area contributed by atoms with E-state index in [9.17, 15) is 9.59 Å². The number of aliphatic hydroxyl groups excluding tert-OH is 1. The van der Waals surface area contributed by atoms with Gasteiger partial charge in [-0.3, -0.25) is 4.79 Å². The highest BCUT2D eigenvalue weighted by molar-refractivity contribution is 5.93. The van der Waals surface area contributed by atoms with E-state index in [0.717, 1.165) is 12.3 Å². The maximum atomic E-state index is 11.5. The van der Waals surface area contributed by atoms with E-state index in [1.54, 1.807) is 6.92 Å². The van der Waals surface area contributed by atoms with Crippen LogP contribution in [-0.4, -0.2) is 29.7 Å². The molecule has 0 aromatic carbocycles. The molecule has 0 aliphatic heterocycles. The van der Waals surface area contributed by atoms with E-state index in [-0.39, 0.29) is 12.1 Å². The van der Waals surface area contributed by atoms with Gasteiger partial charge in [-0.15, -0.1) is 0 Å². The predicted octanol–water partition coefficient (Wildman–Crippen LogP) is -0.922. The molecule has 0 spiro atoms. The van der Waals surface area contributed by atoms with Crippen LogP contribution in [0.5, 0.6) is 0 Å². The van der Waals surface area contributed by atoms with Crippen LogP contribution in [0.3, 0.4) is 0 Å². The Balaban J connectivity index is 2.53. The number of nitrogens with two attached hydrogens (primary N) is 1. The fourth-order valence-corrected chi connectivity index (χ4v) is 0.970. The minimum atomic E-state index is -0.700. The van der Waals surface area contributed by atoms with E-state index >= 15 is 0 Å². The normalized spacial score (nSPS) is 14.2. The Bertz CT molecular complexity index is 393. The van der Waals surface area contributed by atoms with Crippen molar-refractivity contribution in [3.05, 3.63) is 34.4 Å². The van der Waals surface area contributed by atoms with Gasteiger partial charge in [0, 0.05) is 18.7 Å². The van der Waals surface area contributed by atoms with Crippen molar-refractivity contribution in [3.63, 3.8) is 0 Å². The summed E-state index contributed by atoms with van der Waals surface area (Å²) < 4.78 is 4.54. The lowest BCUT2D eigenvalue weighted by Gasteiger charge is -2.14. The molecule has 88 valence electrons. The third-order valence-electron chi connectivity index (χ3n) is 2.08. The number of hydrogen-bond donors (Lipinski definition) is 3. The van der Waals surface area contributed by atoms with Crippen molar-refractivity contribution in [2.24, 2.45) is 5.73 Å². The van der Waals surface area contributed by atoms with Gasteiger partial charge >= 0.3 is 5.63 Å². The zero-order valence-electron chi connectivity index (χ0n) is 8.84. The SMILES string of the molecule is CC(O)C(N)CNC(=O)c1ccc(=O)oc1. The van der Waals surface area contributed by atoms with Gasteiger partial charge in [0.15, 0.2) is 0 Å². The van der Waals surface area contributed by atoms with Crippen LogP contribution in [-0.2, 0) is 0 Å². The van der Waals surface area contributed by atoms with E-state index in [4.69, 9.17) is 10.8 Å². The minimum absolute atomic E-state index is 0.148. The first kappa shape index (κ1) is 12.4. The van der Waals surface area contributed by atoms with Crippen LogP contribution in [0, 0.1) is 0 Å². The van der Waals surface area contributed by atoms with E-state index in [1.165, 1.54) is 6.07 Å². The molecule has 2 unspecified atom stereocenters. The molecule has 6 heteroatoms. The van der Waals surface area contributed by atoms with E-state index < -0.39 is 23.7 Å². The number of hydrogen-bond acceptors (Lipinski definition) is 5. The molecule has 0 bridgehead atoms. The van der Waals surface area contributed by atoms with Gasteiger partial charge in [0.05, 0.1) is 11.7 Å². The van der Waals surface area contributed by atoms with Crippen molar-refractivity contribution in [1.29, 1.82) is 0 Å². The lowest BCUT2D eigenvalue weighted by molar-refractivity contribution is 0.0935. The molecule has 1 aromatic rings.